The maximum absolute atomic E-state index is 13.3. The van der Waals surface area contributed by atoms with Crippen molar-refractivity contribution in [1.82, 2.24) is 0 Å². The number of nitrogens with zero attached hydrogens (tertiary/aromatic N) is 1. The van der Waals surface area contributed by atoms with Gasteiger partial charge in [0, 0.05) is 11.6 Å². The zero-order chi connectivity index (χ0) is 31.1. The van der Waals surface area contributed by atoms with E-state index in [-0.39, 0.29) is 36.2 Å². The molecule has 0 bridgehead atoms. The number of methoxy groups -OCH3 is 1. The number of benzene rings is 4. The number of rotatable bonds is 11. The van der Waals surface area contributed by atoms with Crippen molar-refractivity contribution in [2.45, 2.75) is 19.4 Å². The molecule has 1 heterocycles. The zero-order valence-electron chi connectivity index (χ0n) is 24.0. The van der Waals surface area contributed by atoms with E-state index >= 15 is 0 Å². The summed E-state index contributed by atoms with van der Waals surface area (Å²) in [4.78, 5) is 12.5. The Balaban J connectivity index is 1.35. The third-order valence-corrected chi connectivity index (χ3v) is 6.75. The highest BCUT2D eigenvalue weighted by molar-refractivity contribution is 5.74. The molecule has 10 heteroatoms. The minimum Gasteiger partial charge on any atom is -0.497 e. The zero-order valence-corrected chi connectivity index (χ0v) is 24.0. The van der Waals surface area contributed by atoms with Crippen molar-refractivity contribution >= 4 is 5.97 Å². The lowest BCUT2D eigenvalue weighted by atomic mass is 9.83. The van der Waals surface area contributed by atoms with Gasteiger partial charge in [-0.15, -0.1) is 0 Å². The van der Waals surface area contributed by atoms with Gasteiger partial charge in [0.1, 0.15) is 47.1 Å². The minimum absolute atomic E-state index is 0.0640. The molecule has 0 spiro atoms. The van der Waals surface area contributed by atoms with Gasteiger partial charge in [-0.2, -0.15) is 5.26 Å². The van der Waals surface area contributed by atoms with Gasteiger partial charge >= 0.3 is 5.97 Å². The van der Waals surface area contributed by atoms with Crippen LogP contribution in [-0.2, 0) is 11.4 Å². The van der Waals surface area contributed by atoms with Crippen LogP contribution in [0.5, 0.6) is 34.5 Å². The molecule has 2 N–H and O–H groups in total. The number of carbonyl (C=O) groups excluding carboxylic acids is 1. The number of nitriles is 1. The number of hydrogen-bond acceptors (Lipinski definition) is 9. The summed E-state index contributed by atoms with van der Waals surface area (Å²) in [5, 5.41) is 9.99. The molecule has 0 fully saturated rings. The maximum atomic E-state index is 13.3. The first-order chi connectivity index (χ1) is 21.4. The predicted molar refractivity (Wildman–Crippen MR) is 158 cm³/mol. The van der Waals surface area contributed by atoms with Gasteiger partial charge in [0.05, 0.1) is 19.6 Å². The van der Waals surface area contributed by atoms with Gasteiger partial charge in [0.2, 0.25) is 5.88 Å². The molecule has 1 aliphatic rings. The first-order valence-corrected chi connectivity index (χ1v) is 13.7. The van der Waals surface area contributed by atoms with Crippen LogP contribution >= 0.6 is 0 Å². The second-order valence-corrected chi connectivity index (χ2v) is 9.62. The summed E-state index contributed by atoms with van der Waals surface area (Å²) < 4.78 is 47.0. The van der Waals surface area contributed by atoms with E-state index in [2.05, 4.69) is 6.07 Å². The van der Waals surface area contributed by atoms with Crippen molar-refractivity contribution in [1.29, 1.82) is 5.26 Å². The van der Waals surface area contributed by atoms with E-state index in [1.54, 1.807) is 67.8 Å². The molecule has 5 rings (SSSR count). The van der Waals surface area contributed by atoms with Gasteiger partial charge < -0.3 is 34.2 Å². The van der Waals surface area contributed by atoms with Gasteiger partial charge in [0.25, 0.3) is 0 Å². The number of nitrogens with two attached hydrogens (primary N) is 1. The summed E-state index contributed by atoms with van der Waals surface area (Å²) >= 11 is 0. The fraction of sp³-hybridized carbons (Fsp3) is 0.176. The van der Waals surface area contributed by atoms with Crippen molar-refractivity contribution < 1.29 is 37.6 Å². The Morgan fingerprint density at radius 2 is 1.64 bits per heavy atom. The number of esters is 1. The van der Waals surface area contributed by atoms with Gasteiger partial charge in [0.15, 0.2) is 18.1 Å². The van der Waals surface area contributed by atoms with E-state index in [9.17, 15) is 14.4 Å². The number of allylic oxidation sites excluding steroid dienone is 1. The van der Waals surface area contributed by atoms with Crippen molar-refractivity contribution in [2.75, 3.05) is 20.3 Å². The Bertz CT molecular complexity index is 1710. The van der Waals surface area contributed by atoms with E-state index in [0.29, 0.717) is 46.5 Å². The van der Waals surface area contributed by atoms with Crippen LogP contribution in [0.25, 0.3) is 0 Å². The maximum Gasteiger partial charge on any atom is 0.349 e. The molecule has 1 atom stereocenters. The van der Waals surface area contributed by atoms with E-state index in [1.807, 2.05) is 13.0 Å². The summed E-state index contributed by atoms with van der Waals surface area (Å²) in [6.07, 6.45) is 0. The van der Waals surface area contributed by atoms with Gasteiger partial charge in [-0.3, -0.25) is 0 Å². The molecule has 224 valence electrons. The monoisotopic (exact) mass is 596 g/mol. The average molecular weight is 597 g/mol. The largest absolute Gasteiger partial charge is 0.497 e. The van der Waals surface area contributed by atoms with E-state index in [1.165, 1.54) is 18.2 Å². The number of ether oxygens (including phenoxy) is 6. The molecule has 1 aliphatic heterocycles. The third kappa shape index (κ3) is 6.85. The van der Waals surface area contributed by atoms with Crippen molar-refractivity contribution in [3.8, 4) is 40.6 Å². The lowest BCUT2D eigenvalue weighted by Gasteiger charge is -2.27. The Hall–Kier alpha value is -5.69. The van der Waals surface area contributed by atoms with Crippen LogP contribution in [0.4, 0.5) is 4.39 Å². The van der Waals surface area contributed by atoms with Crippen LogP contribution in [0.15, 0.2) is 96.4 Å². The van der Waals surface area contributed by atoms with Gasteiger partial charge in [-0.05, 0) is 72.6 Å². The summed E-state index contributed by atoms with van der Waals surface area (Å²) in [5.41, 5.74) is 8.55. The standard InChI is InChI=1S/C34H29FN2O7/c1-3-40-31-16-22(6-15-29(31)42-19-21-4-7-23(35)8-5-21)33-27-14-13-26(17-30(27)44-34(37)28(33)18-36)43-32(38)20-41-25-11-9-24(39-2)10-12-25/h4-17,33H,3,19-20,37H2,1-2H3. The number of halogens is 1. The van der Waals surface area contributed by atoms with Crippen LogP contribution in [-0.4, -0.2) is 26.3 Å². The Morgan fingerprint density at radius 1 is 0.909 bits per heavy atom. The van der Waals surface area contributed by atoms with E-state index in [0.717, 1.165) is 5.56 Å². The highest BCUT2D eigenvalue weighted by Gasteiger charge is 2.32. The summed E-state index contributed by atoms with van der Waals surface area (Å²) in [5.74, 6) is 1.07. The fourth-order valence-electron chi connectivity index (χ4n) is 4.65. The Kier molecular flexibility index (Phi) is 9.16. The van der Waals surface area contributed by atoms with Crippen molar-refractivity contribution in [2.24, 2.45) is 5.73 Å². The summed E-state index contributed by atoms with van der Waals surface area (Å²) in [6, 6.07) is 25.2. The predicted octanol–water partition coefficient (Wildman–Crippen LogP) is 6.01. The Labute approximate surface area is 253 Å². The molecule has 1 unspecified atom stereocenters. The van der Waals surface area contributed by atoms with E-state index in [4.69, 9.17) is 34.2 Å². The van der Waals surface area contributed by atoms with Gasteiger partial charge in [-0.1, -0.05) is 24.3 Å². The van der Waals surface area contributed by atoms with Crippen molar-refractivity contribution in [3.05, 3.63) is 119 Å². The molecule has 0 radical (unpaired) electrons. The number of carbonyl (C=O) groups is 1. The van der Waals surface area contributed by atoms with Crippen LogP contribution in [0, 0.1) is 17.1 Å². The van der Waals surface area contributed by atoms with Gasteiger partial charge in [-0.25, -0.2) is 9.18 Å². The fourth-order valence-corrected chi connectivity index (χ4v) is 4.65. The summed E-state index contributed by atoms with van der Waals surface area (Å²) in [6.45, 7) is 2.12. The third-order valence-electron chi connectivity index (χ3n) is 6.75. The molecule has 0 aromatic heterocycles. The molecule has 0 saturated heterocycles. The highest BCUT2D eigenvalue weighted by Crippen LogP contribution is 2.45. The Morgan fingerprint density at radius 3 is 2.34 bits per heavy atom. The molecule has 4 aromatic rings. The van der Waals surface area contributed by atoms with Crippen LogP contribution in [0.2, 0.25) is 0 Å². The lowest BCUT2D eigenvalue weighted by Crippen LogP contribution is -2.22. The number of hydrogen-bond donors (Lipinski definition) is 1. The van der Waals surface area contributed by atoms with Crippen LogP contribution in [0.3, 0.4) is 0 Å². The first kappa shape index (κ1) is 29.8. The molecular weight excluding hydrogens is 567 g/mol. The van der Waals surface area contributed by atoms with E-state index < -0.39 is 11.9 Å². The topological polar surface area (TPSA) is 122 Å². The molecule has 0 amide bonds. The van der Waals surface area contributed by atoms with Crippen LogP contribution < -0.4 is 34.2 Å². The average Bonchev–Trinajstić information content (AvgIpc) is 3.03. The molecule has 9 nitrogen and oxygen atoms in total. The van der Waals surface area contributed by atoms with Crippen molar-refractivity contribution in [3.63, 3.8) is 0 Å². The molecule has 4 aromatic carbocycles. The summed E-state index contributed by atoms with van der Waals surface area (Å²) in [7, 11) is 1.56. The molecular formula is C34H29FN2O7. The second kappa shape index (κ2) is 13.5. The molecule has 44 heavy (non-hydrogen) atoms. The smallest absolute Gasteiger partial charge is 0.349 e. The van der Waals surface area contributed by atoms with Crippen LogP contribution in [0.1, 0.15) is 29.5 Å². The number of fused-ring (bicyclic) bond motifs is 1. The molecule has 0 aliphatic carbocycles. The second-order valence-electron chi connectivity index (χ2n) is 9.62. The SMILES string of the molecule is CCOc1cc(C2C(C#N)=C(N)Oc3cc(OC(=O)COc4ccc(OC)cc4)ccc32)ccc1OCc1ccc(F)cc1. The minimum atomic E-state index is -0.619. The normalized spacial score (nSPS) is 13.6. The first-order valence-electron chi connectivity index (χ1n) is 13.7. The lowest BCUT2D eigenvalue weighted by molar-refractivity contribution is -0.136. The molecule has 0 saturated carbocycles. The quantitative estimate of drug-likeness (QED) is 0.164. The highest BCUT2D eigenvalue weighted by atomic mass is 19.1.